The number of amides is 1. The molecule has 17 heavy (non-hydrogen) atoms. The van der Waals surface area contributed by atoms with E-state index in [1.165, 1.54) is 5.56 Å². The molecule has 94 valence electrons. The Morgan fingerprint density at radius 1 is 1.47 bits per heavy atom. The van der Waals surface area contributed by atoms with Crippen LogP contribution < -0.4 is 11.1 Å². The van der Waals surface area contributed by atoms with Crippen LogP contribution in [0.2, 0.25) is 0 Å². The summed E-state index contributed by atoms with van der Waals surface area (Å²) in [6.45, 7) is 5.96. The molecule has 0 aliphatic carbocycles. The van der Waals surface area contributed by atoms with E-state index in [0.29, 0.717) is 6.42 Å². The molecule has 1 aromatic rings. The summed E-state index contributed by atoms with van der Waals surface area (Å²) >= 11 is 1.63. The average molecular weight is 252 g/mol. The van der Waals surface area contributed by atoms with Crippen molar-refractivity contribution in [2.75, 3.05) is 11.5 Å². The summed E-state index contributed by atoms with van der Waals surface area (Å²) in [6, 6.07) is 6.16. The SMILES string of the molecule is Cc1ccc(N)c(SCCC(=O)NC(C)C)c1. The van der Waals surface area contributed by atoms with Gasteiger partial charge in [0.15, 0.2) is 0 Å². The van der Waals surface area contributed by atoms with Gasteiger partial charge in [-0.25, -0.2) is 0 Å². The van der Waals surface area contributed by atoms with Crippen LogP contribution in [0, 0.1) is 6.92 Å². The van der Waals surface area contributed by atoms with Crippen LogP contribution >= 0.6 is 11.8 Å². The molecule has 0 unspecified atom stereocenters. The zero-order chi connectivity index (χ0) is 12.8. The van der Waals surface area contributed by atoms with E-state index in [9.17, 15) is 4.79 Å². The second kappa shape index (κ2) is 6.55. The van der Waals surface area contributed by atoms with Crippen LogP contribution in [0.5, 0.6) is 0 Å². The summed E-state index contributed by atoms with van der Waals surface area (Å²) in [4.78, 5) is 12.5. The third-order valence-corrected chi connectivity index (χ3v) is 3.28. The van der Waals surface area contributed by atoms with Crippen LogP contribution in [0.1, 0.15) is 25.8 Å². The van der Waals surface area contributed by atoms with E-state index in [0.717, 1.165) is 16.3 Å². The summed E-state index contributed by atoms with van der Waals surface area (Å²) in [7, 11) is 0. The molecule has 1 amide bonds. The second-order valence-corrected chi connectivity index (χ2v) is 5.50. The van der Waals surface area contributed by atoms with Crippen molar-refractivity contribution in [3.8, 4) is 0 Å². The smallest absolute Gasteiger partial charge is 0.221 e. The van der Waals surface area contributed by atoms with E-state index in [1.807, 2.05) is 32.9 Å². The molecule has 0 atom stereocenters. The average Bonchev–Trinajstić information content (AvgIpc) is 2.22. The van der Waals surface area contributed by atoms with E-state index in [1.54, 1.807) is 11.8 Å². The first-order valence-corrected chi connectivity index (χ1v) is 6.76. The lowest BCUT2D eigenvalue weighted by atomic mass is 10.2. The number of carbonyl (C=O) groups excluding carboxylic acids is 1. The second-order valence-electron chi connectivity index (χ2n) is 4.36. The Bertz CT molecular complexity index is 391. The van der Waals surface area contributed by atoms with Gasteiger partial charge in [0.25, 0.3) is 0 Å². The Morgan fingerprint density at radius 3 is 2.82 bits per heavy atom. The number of hydrogen-bond donors (Lipinski definition) is 2. The fourth-order valence-corrected chi connectivity index (χ4v) is 2.43. The van der Waals surface area contributed by atoms with Gasteiger partial charge in [-0.1, -0.05) is 6.07 Å². The van der Waals surface area contributed by atoms with Gasteiger partial charge in [0.1, 0.15) is 0 Å². The fraction of sp³-hybridized carbons (Fsp3) is 0.462. The summed E-state index contributed by atoms with van der Waals surface area (Å²) < 4.78 is 0. The van der Waals surface area contributed by atoms with Crippen LogP contribution in [0.4, 0.5) is 5.69 Å². The fourth-order valence-electron chi connectivity index (χ4n) is 1.41. The van der Waals surface area contributed by atoms with Crippen molar-refractivity contribution in [3.05, 3.63) is 23.8 Å². The number of nitrogen functional groups attached to an aromatic ring is 1. The number of carbonyl (C=O) groups is 1. The Labute approximate surface area is 107 Å². The van der Waals surface area contributed by atoms with E-state index in [4.69, 9.17) is 5.73 Å². The maximum Gasteiger partial charge on any atom is 0.221 e. The standard InChI is InChI=1S/C13H20N2OS/c1-9(2)15-13(16)6-7-17-12-8-10(3)4-5-11(12)14/h4-5,8-9H,6-7,14H2,1-3H3,(H,15,16). The lowest BCUT2D eigenvalue weighted by Gasteiger charge is -2.09. The lowest BCUT2D eigenvalue weighted by Crippen LogP contribution is -2.30. The molecule has 0 aromatic heterocycles. The molecular weight excluding hydrogens is 232 g/mol. The maximum atomic E-state index is 11.4. The summed E-state index contributed by atoms with van der Waals surface area (Å²) in [6.07, 6.45) is 0.524. The van der Waals surface area contributed by atoms with Gasteiger partial charge in [-0.15, -0.1) is 11.8 Å². The molecule has 0 aliphatic rings. The van der Waals surface area contributed by atoms with Gasteiger partial charge in [-0.3, -0.25) is 4.79 Å². The number of rotatable bonds is 5. The molecule has 0 bridgehead atoms. The Hall–Kier alpha value is -1.16. The van der Waals surface area contributed by atoms with Crippen molar-refractivity contribution < 1.29 is 4.79 Å². The molecule has 1 rings (SSSR count). The molecule has 0 saturated carbocycles. The Morgan fingerprint density at radius 2 is 2.18 bits per heavy atom. The number of nitrogens with one attached hydrogen (secondary N) is 1. The zero-order valence-corrected chi connectivity index (χ0v) is 11.4. The van der Waals surface area contributed by atoms with Gasteiger partial charge in [0.05, 0.1) is 0 Å². The number of anilines is 1. The Balaban J connectivity index is 2.40. The van der Waals surface area contributed by atoms with Gasteiger partial charge >= 0.3 is 0 Å². The number of nitrogens with two attached hydrogens (primary N) is 1. The maximum absolute atomic E-state index is 11.4. The van der Waals surface area contributed by atoms with E-state index in [-0.39, 0.29) is 11.9 Å². The molecule has 0 radical (unpaired) electrons. The van der Waals surface area contributed by atoms with Gasteiger partial charge in [-0.05, 0) is 38.5 Å². The van der Waals surface area contributed by atoms with Crippen molar-refractivity contribution in [2.45, 2.75) is 38.1 Å². The van der Waals surface area contributed by atoms with Crippen LogP contribution in [0.25, 0.3) is 0 Å². The number of aryl methyl sites for hydroxylation is 1. The van der Waals surface area contributed by atoms with Crippen molar-refractivity contribution in [1.82, 2.24) is 5.32 Å². The largest absolute Gasteiger partial charge is 0.398 e. The minimum atomic E-state index is 0.0960. The zero-order valence-electron chi connectivity index (χ0n) is 10.6. The highest BCUT2D eigenvalue weighted by Crippen LogP contribution is 2.26. The van der Waals surface area contributed by atoms with E-state index in [2.05, 4.69) is 11.4 Å². The van der Waals surface area contributed by atoms with E-state index < -0.39 is 0 Å². The minimum Gasteiger partial charge on any atom is -0.398 e. The molecule has 0 spiro atoms. The van der Waals surface area contributed by atoms with Crippen molar-refractivity contribution in [1.29, 1.82) is 0 Å². The first-order valence-electron chi connectivity index (χ1n) is 5.77. The van der Waals surface area contributed by atoms with Crippen LogP contribution in [0.15, 0.2) is 23.1 Å². The molecule has 0 saturated heterocycles. The monoisotopic (exact) mass is 252 g/mol. The molecule has 0 fully saturated rings. The molecule has 3 N–H and O–H groups in total. The highest BCUT2D eigenvalue weighted by molar-refractivity contribution is 7.99. The van der Waals surface area contributed by atoms with Gasteiger partial charge in [-0.2, -0.15) is 0 Å². The summed E-state index contributed by atoms with van der Waals surface area (Å²) in [5.74, 6) is 0.852. The topological polar surface area (TPSA) is 55.1 Å². The predicted molar refractivity (Wildman–Crippen MR) is 74.2 cm³/mol. The van der Waals surface area contributed by atoms with Crippen molar-refractivity contribution in [2.24, 2.45) is 0 Å². The van der Waals surface area contributed by atoms with Crippen LogP contribution in [-0.4, -0.2) is 17.7 Å². The third kappa shape index (κ3) is 5.13. The van der Waals surface area contributed by atoms with Crippen LogP contribution in [0.3, 0.4) is 0 Å². The molecule has 4 heteroatoms. The molecule has 1 aromatic carbocycles. The molecule has 3 nitrogen and oxygen atoms in total. The van der Waals surface area contributed by atoms with Gasteiger partial charge < -0.3 is 11.1 Å². The third-order valence-electron chi connectivity index (χ3n) is 2.21. The number of hydrogen-bond acceptors (Lipinski definition) is 3. The molecular formula is C13H20N2OS. The molecule has 0 heterocycles. The highest BCUT2D eigenvalue weighted by atomic mass is 32.2. The first kappa shape index (κ1) is 13.9. The summed E-state index contributed by atoms with van der Waals surface area (Å²) in [5, 5.41) is 2.87. The Kier molecular flexibility index (Phi) is 5.35. The van der Waals surface area contributed by atoms with Crippen LogP contribution in [-0.2, 0) is 4.79 Å². The minimum absolute atomic E-state index is 0.0960. The first-order chi connectivity index (χ1) is 7.99. The van der Waals surface area contributed by atoms with E-state index >= 15 is 0 Å². The predicted octanol–water partition coefficient (Wildman–Crippen LogP) is 2.58. The van der Waals surface area contributed by atoms with Gasteiger partial charge in [0, 0.05) is 28.8 Å². The number of benzene rings is 1. The summed E-state index contributed by atoms with van der Waals surface area (Å²) in [5.41, 5.74) is 7.84. The number of thioether (sulfide) groups is 1. The molecule has 0 aliphatic heterocycles. The quantitative estimate of drug-likeness (QED) is 0.625. The normalized spacial score (nSPS) is 10.6. The van der Waals surface area contributed by atoms with Crippen molar-refractivity contribution in [3.63, 3.8) is 0 Å². The highest BCUT2D eigenvalue weighted by Gasteiger charge is 2.05. The van der Waals surface area contributed by atoms with Crippen molar-refractivity contribution >= 4 is 23.4 Å². The lowest BCUT2D eigenvalue weighted by molar-refractivity contribution is -0.121. The van der Waals surface area contributed by atoms with Gasteiger partial charge in [0.2, 0.25) is 5.91 Å².